The van der Waals surface area contributed by atoms with Crippen molar-refractivity contribution in [2.45, 2.75) is 20.4 Å². The third-order valence-electron chi connectivity index (χ3n) is 2.42. The molecular formula is C12H14FN3O. The first-order valence-electron chi connectivity index (χ1n) is 5.50. The molecule has 0 bridgehead atoms. The number of halogens is 1. The molecule has 2 rings (SSSR count). The highest BCUT2D eigenvalue weighted by Gasteiger charge is 2.09. The zero-order valence-electron chi connectivity index (χ0n) is 9.83. The van der Waals surface area contributed by atoms with Gasteiger partial charge in [-0.05, 0) is 31.2 Å². The summed E-state index contributed by atoms with van der Waals surface area (Å²) in [5, 5.41) is 6.90. The number of rotatable bonds is 4. The molecule has 0 amide bonds. The lowest BCUT2D eigenvalue weighted by Gasteiger charge is -1.97. The van der Waals surface area contributed by atoms with Gasteiger partial charge in [0, 0.05) is 5.56 Å². The topological polar surface area (TPSA) is 51.0 Å². The lowest BCUT2D eigenvalue weighted by atomic mass is 10.1. The average Bonchev–Trinajstić information content (AvgIpc) is 2.79. The summed E-state index contributed by atoms with van der Waals surface area (Å²) < 4.78 is 18.4. The molecule has 0 spiro atoms. The van der Waals surface area contributed by atoms with Crippen LogP contribution in [0, 0.1) is 12.7 Å². The van der Waals surface area contributed by atoms with Gasteiger partial charge in [-0.2, -0.15) is 4.98 Å². The highest BCUT2D eigenvalue weighted by Crippen LogP contribution is 2.19. The molecular weight excluding hydrogens is 221 g/mol. The van der Waals surface area contributed by atoms with Crippen molar-refractivity contribution in [1.29, 1.82) is 0 Å². The molecule has 1 aromatic heterocycles. The van der Waals surface area contributed by atoms with E-state index in [1.54, 1.807) is 19.1 Å². The van der Waals surface area contributed by atoms with E-state index in [-0.39, 0.29) is 5.82 Å². The van der Waals surface area contributed by atoms with Crippen LogP contribution in [0.3, 0.4) is 0 Å². The predicted molar refractivity (Wildman–Crippen MR) is 61.8 cm³/mol. The van der Waals surface area contributed by atoms with Gasteiger partial charge in [-0.3, -0.25) is 0 Å². The second-order valence-electron chi connectivity index (χ2n) is 3.76. The van der Waals surface area contributed by atoms with Crippen molar-refractivity contribution in [3.63, 3.8) is 0 Å². The van der Waals surface area contributed by atoms with E-state index in [9.17, 15) is 4.39 Å². The minimum atomic E-state index is -0.270. The van der Waals surface area contributed by atoms with Crippen LogP contribution >= 0.6 is 0 Å². The fourth-order valence-corrected chi connectivity index (χ4v) is 1.41. The number of nitrogens with one attached hydrogen (secondary N) is 1. The molecule has 0 fully saturated rings. The molecule has 0 unspecified atom stereocenters. The molecule has 1 heterocycles. The zero-order valence-corrected chi connectivity index (χ0v) is 9.83. The first-order chi connectivity index (χ1) is 8.20. The number of aryl methyl sites for hydroxylation is 1. The van der Waals surface area contributed by atoms with Gasteiger partial charge in [-0.1, -0.05) is 18.1 Å². The summed E-state index contributed by atoms with van der Waals surface area (Å²) in [6.45, 7) is 5.09. The smallest absolute Gasteiger partial charge is 0.258 e. The van der Waals surface area contributed by atoms with Crippen LogP contribution in [0.1, 0.15) is 18.3 Å². The Balaban J connectivity index is 2.21. The van der Waals surface area contributed by atoms with Gasteiger partial charge < -0.3 is 9.84 Å². The summed E-state index contributed by atoms with van der Waals surface area (Å²) in [5.74, 6) is 0.647. The average molecular weight is 235 g/mol. The van der Waals surface area contributed by atoms with Gasteiger partial charge in [0.05, 0.1) is 6.54 Å². The monoisotopic (exact) mass is 235 g/mol. The first kappa shape index (κ1) is 11.7. The lowest BCUT2D eigenvalue weighted by Crippen LogP contribution is -2.12. The minimum absolute atomic E-state index is 0.270. The molecule has 0 saturated heterocycles. The summed E-state index contributed by atoms with van der Waals surface area (Å²) in [6, 6.07) is 4.86. The molecule has 0 atom stereocenters. The third kappa shape index (κ3) is 2.68. The molecule has 5 heteroatoms. The molecule has 17 heavy (non-hydrogen) atoms. The van der Waals surface area contributed by atoms with Gasteiger partial charge in [-0.25, -0.2) is 4.39 Å². The molecule has 0 aliphatic heterocycles. The summed E-state index contributed by atoms with van der Waals surface area (Å²) >= 11 is 0. The second kappa shape index (κ2) is 5.05. The number of benzene rings is 1. The van der Waals surface area contributed by atoms with E-state index in [4.69, 9.17) is 4.52 Å². The number of hydrogen-bond acceptors (Lipinski definition) is 4. The van der Waals surface area contributed by atoms with E-state index in [2.05, 4.69) is 15.5 Å². The number of aromatic nitrogens is 2. The Morgan fingerprint density at radius 3 is 2.94 bits per heavy atom. The van der Waals surface area contributed by atoms with E-state index in [1.807, 2.05) is 6.92 Å². The highest BCUT2D eigenvalue weighted by molar-refractivity contribution is 5.53. The standard InChI is InChI=1S/C12H14FN3O/c1-3-14-7-11-15-12(17-16-11)9-5-4-8(2)10(13)6-9/h4-6,14H,3,7H2,1-2H3. The fourth-order valence-electron chi connectivity index (χ4n) is 1.41. The van der Waals surface area contributed by atoms with Crippen LogP contribution in [0.5, 0.6) is 0 Å². The van der Waals surface area contributed by atoms with E-state index in [0.717, 1.165) is 6.54 Å². The Kier molecular flexibility index (Phi) is 3.49. The summed E-state index contributed by atoms with van der Waals surface area (Å²) in [5.41, 5.74) is 1.20. The quantitative estimate of drug-likeness (QED) is 0.883. The highest BCUT2D eigenvalue weighted by atomic mass is 19.1. The van der Waals surface area contributed by atoms with Gasteiger partial charge >= 0.3 is 0 Å². The fraction of sp³-hybridized carbons (Fsp3) is 0.333. The Labute approximate surface area is 98.8 Å². The van der Waals surface area contributed by atoms with Crippen molar-refractivity contribution in [3.05, 3.63) is 35.4 Å². The van der Waals surface area contributed by atoms with Crippen LogP contribution in [0.15, 0.2) is 22.7 Å². The normalized spacial score (nSPS) is 10.8. The molecule has 0 saturated carbocycles. The van der Waals surface area contributed by atoms with Crippen LogP contribution in [-0.4, -0.2) is 16.7 Å². The third-order valence-corrected chi connectivity index (χ3v) is 2.42. The minimum Gasteiger partial charge on any atom is -0.334 e. The van der Waals surface area contributed by atoms with E-state index in [1.165, 1.54) is 6.07 Å². The van der Waals surface area contributed by atoms with E-state index in [0.29, 0.717) is 29.4 Å². The van der Waals surface area contributed by atoms with Crippen LogP contribution < -0.4 is 5.32 Å². The summed E-state index contributed by atoms with van der Waals surface area (Å²) in [7, 11) is 0. The Hall–Kier alpha value is -1.75. The number of nitrogens with zero attached hydrogens (tertiary/aromatic N) is 2. The van der Waals surface area contributed by atoms with Crippen LogP contribution in [0.2, 0.25) is 0 Å². The Morgan fingerprint density at radius 2 is 2.24 bits per heavy atom. The SMILES string of the molecule is CCNCc1noc(-c2ccc(C)c(F)c2)n1. The zero-order chi connectivity index (χ0) is 12.3. The largest absolute Gasteiger partial charge is 0.334 e. The molecule has 90 valence electrons. The Bertz CT molecular complexity index is 510. The molecule has 4 nitrogen and oxygen atoms in total. The van der Waals surface area contributed by atoms with Crippen molar-refractivity contribution < 1.29 is 8.91 Å². The van der Waals surface area contributed by atoms with Crippen LogP contribution in [0.25, 0.3) is 11.5 Å². The molecule has 0 aliphatic carbocycles. The molecule has 1 N–H and O–H groups in total. The maximum Gasteiger partial charge on any atom is 0.258 e. The molecule has 2 aromatic rings. The van der Waals surface area contributed by atoms with Gasteiger partial charge in [-0.15, -0.1) is 0 Å². The van der Waals surface area contributed by atoms with Crippen molar-refractivity contribution in [1.82, 2.24) is 15.5 Å². The summed E-state index contributed by atoms with van der Waals surface area (Å²) in [4.78, 5) is 4.18. The number of hydrogen-bond donors (Lipinski definition) is 1. The van der Waals surface area contributed by atoms with Gasteiger partial charge in [0.25, 0.3) is 5.89 Å². The molecule has 0 radical (unpaired) electrons. The predicted octanol–water partition coefficient (Wildman–Crippen LogP) is 2.29. The molecule has 0 aliphatic rings. The maximum atomic E-state index is 13.4. The van der Waals surface area contributed by atoms with Gasteiger partial charge in [0.15, 0.2) is 5.82 Å². The molecule has 1 aromatic carbocycles. The van der Waals surface area contributed by atoms with Crippen molar-refractivity contribution in [2.24, 2.45) is 0 Å². The van der Waals surface area contributed by atoms with Crippen LogP contribution in [0.4, 0.5) is 4.39 Å². The Morgan fingerprint density at radius 1 is 1.41 bits per heavy atom. The van der Waals surface area contributed by atoms with E-state index < -0.39 is 0 Å². The maximum absolute atomic E-state index is 13.4. The van der Waals surface area contributed by atoms with Crippen molar-refractivity contribution in [2.75, 3.05) is 6.54 Å². The van der Waals surface area contributed by atoms with Gasteiger partial charge in [0.1, 0.15) is 5.82 Å². The van der Waals surface area contributed by atoms with Crippen molar-refractivity contribution in [3.8, 4) is 11.5 Å². The van der Waals surface area contributed by atoms with Crippen molar-refractivity contribution >= 4 is 0 Å². The second-order valence-corrected chi connectivity index (χ2v) is 3.76. The summed E-state index contributed by atoms with van der Waals surface area (Å²) in [6.07, 6.45) is 0. The lowest BCUT2D eigenvalue weighted by molar-refractivity contribution is 0.419. The van der Waals surface area contributed by atoms with Gasteiger partial charge in [0.2, 0.25) is 0 Å². The van der Waals surface area contributed by atoms with Crippen LogP contribution in [-0.2, 0) is 6.54 Å². The van der Waals surface area contributed by atoms with E-state index >= 15 is 0 Å². The first-order valence-corrected chi connectivity index (χ1v) is 5.50.